The zero-order valence-electron chi connectivity index (χ0n) is 29.4. The molecule has 3 atom stereocenters. The van der Waals surface area contributed by atoms with Crippen LogP contribution in [0.15, 0.2) is 48.8 Å². The molecule has 1 aromatic carbocycles. The monoisotopic (exact) mass is 675 g/mol. The van der Waals surface area contributed by atoms with Crippen LogP contribution in [0.3, 0.4) is 0 Å². The van der Waals surface area contributed by atoms with Crippen LogP contribution in [0.5, 0.6) is 11.5 Å². The molecule has 0 bridgehead atoms. The number of pyridine rings is 1. The first kappa shape index (κ1) is 36.4. The molecule has 48 heavy (non-hydrogen) atoms. The van der Waals surface area contributed by atoms with E-state index in [9.17, 15) is 0 Å². The van der Waals surface area contributed by atoms with Crippen LogP contribution >= 0.6 is 0 Å². The van der Waals surface area contributed by atoms with Crippen molar-refractivity contribution in [3.05, 3.63) is 54.5 Å². The number of hydrogen-bond acceptors (Lipinski definition) is 5. The summed E-state index contributed by atoms with van der Waals surface area (Å²) in [5.74, 6) is 0.613. The highest BCUT2D eigenvalue weighted by atomic mass is 28.2. The maximum Gasteiger partial charge on any atom is 0.329 e. The van der Waals surface area contributed by atoms with E-state index in [1.54, 1.807) is 24.5 Å². The molecule has 0 N–H and O–H groups in total. The van der Waals surface area contributed by atoms with Crippen LogP contribution in [0.2, 0.25) is 6.04 Å². The van der Waals surface area contributed by atoms with E-state index in [1.165, 1.54) is 70.6 Å². The van der Waals surface area contributed by atoms with Crippen molar-refractivity contribution < 1.29 is 17.9 Å². The Bertz CT molecular complexity index is 1400. The molecule has 2 aromatic heterocycles. The highest BCUT2D eigenvalue weighted by molar-refractivity contribution is 6.28. The molecule has 3 unspecified atom stereocenters. The Labute approximate surface area is 290 Å². The summed E-state index contributed by atoms with van der Waals surface area (Å²) in [6, 6.07) is 12.2. The maximum atomic E-state index is 15.4. The second-order valence-corrected chi connectivity index (χ2v) is 15.4. The van der Waals surface area contributed by atoms with Gasteiger partial charge >= 0.3 is 15.7 Å². The van der Waals surface area contributed by atoms with Gasteiger partial charge in [-0.1, -0.05) is 122 Å². The smallest absolute Gasteiger partial charge is 0.329 e. The van der Waals surface area contributed by atoms with E-state index in [4.69, 9.17) is 9.16 Å². The molecule has 2 radical (unpaired) electrons. The predicted octanol–water partition coefficient (Wildman–Crippen LogP) is 11.6. The van der Waals surface area contributed by atoms with Crippen molar-refractivity contribution in [1.82, 2.24) is 15.0 Å². The van der Waals surface area contributed by atoms with E-state index < -0.39 is 12.0 Å². The van der Waals surface area contributed by atoms with E-state index in [-0.39, 0.29) is 11.4 Å². The first-order valence-electron chi connectivity index (χ1n) is 18.7. The number of ether oxygens (including phenoxy) is 1. The Morgan fingerprint density at radius 3 is 2.29 bits per heavy atom. The van der Waals surface area contributed by atoms with E-state index in [2.05, 4.69) is 35.7 Å². The number of alkyl halides is 2. The van der Waals surface area contributed by atoms with Crippen LogP contribution in [-0.4, -0.2) is 30.8 Å². The summed E-state index contributed by atoms with van der Waals surface area (Å²) in [4.78, 5) is 13.4. The highest BCUT2D eigenvalue weighted by Crippen LogP contribution is 2.46. The lowest BCUT2D eigenvalue weighted by molar-refractivity contribution is -0.0818. The lowest BCUT2D eigenvalue weighted by Gasteiger charge is -2.17. The molecule has 1 aliphatic carbocycles. The Kier molecular flexibility index (Phi) is 13.8. The molecule has 0 saturated heterocycles. The quantitative estimate of drug-likeness (QED) is 0.0783. The second-order valence-electron chi connectivity index (χ2n) is 14.4. The zero-order chi connectivity index (χ0) is 33.8. The third-order valence-corrected chi connectivity index (χ3v) is 10.8. The third-order valence-electron chi connectivity index (χ3n) is 9.98. The van der Waals surface area contributed by atoms with Crippen LogP contribution < -0.4 is 9.16 Å². The van der Waals surface area contributed by atoms with Crippen LogP contribution in [0.4, 0.5) is 8.78 Å². The molecule has 260 valence electrons. The molecule has 3 aromatic rings. The van der Waals surface area contributed by atoms with Gasteiger partial charge in [-0.2, -0.15) is 8.78 Å². The van der Waals surface area contributed by atoms with Gasteiger partial charge in [0, 0.05) is 23.5 Å². The Hall–Kier alpha value is -2.87. The molecular formula is C40H55F2N3O2Si. The first-order valence-corrected chi connectivity index (χ1v) is 19.8. The van der Waals surface area contributed by atoms with Gasteiger partial charge in [-0.3, -0.25) is 0 Å². The highest BCUT2D eigenvalue weighted by Gasteiger charge is 2.52. The summed E-state index contributed by atoms with van der Waals surface area (Å²) in [5, 5.41) is 0. The number of hydrogen-bond donors (Lipinski definition) is 0. The Morgan fingerprint density at radius 1 is 0.875 bits per heavy atom. The molecular weight excluding hydrogens is 621 g/mol. The van der Waals surface area contributed by atoms with Gasteiger partial charge < -0.3 is 9.16 Å². The van der Waals surface area contributed by atoms with Gasteiger partial charge in [-0.15, -0.1) is 0 Å². The van der Waals surface area contributed by atoms with Crippen molar-refractivity contribution in [2.45, 2.75) is 142 Å². The van der Waals surface area contributed by atoms with Crippen LogP contribution in [0, 0.1) is 17.8 Å². The summed E-state index contributed by atoms with van der Waals surface area (Å²) >= 11 is 0. The Morgan fingerprint density at radius 2 is 1.56 bits per heavy atom. The number of fused-ring (bicyclic) bond motifs is 1. The SMILES string of the molecule is CCCCC(C)CC(C)CC[Si]Oc1ccccc1-c1cnc(-c2ccc3c(n2)C(F)(F)C(CCCCCCCCCC2CC2)O3)nc1. The normalized spacial score (nSPS) is 17.9. The van der Waals surface area contributed by atoms with Crippen molar-refractivity contribution >= 4 is 9.76 Å². The van der Waals surface area contributed by atoms with Crippen molar-refractivity contribution in [2.24, 2.45) is 17.8 Å². The molecule has 5 rings (SSSR count). The summed E-state index contributed by atoms with van der Waals surface area (Å²) in [6.07, 6.45) is 21.0. The van der Waals surface area contributed by atoms with E-state index in [1.807, 2.05) is 24.3 Å². The molecule has 3 heterocycles. The van der Waals surface area contributed by atoms with E-state index in [0.717, 1.165) is 60.4 Å². The fraction of sp³-hybridized carbons (Fsp3) is 0.625. The standard InChI is InChI=1S/C40H55F2N3O2Si/c1-4-5-15-29(2)26-30(3)24-25-48-47-35-18-14-13-17-33(35)32-27-43-39(44-28-32)34-22-23-36-38(45-34)40(41,42)37(46-36)19-12-10-8-6-7-9-11-16-31-20-21-31/h13-14,17-18,22-23,27-31,37H,4-12,15-16,19-21,24-26H2,1-3H3. The van der Waals surface area contributed by atoms with Crippen molar-refractivity contribution in [3.8, 4) is 34.1 Å². The number of unbranched alkanes of at least 4 members (excludes halogenated alkanes) is 7. The molecule has 0 amide bonds. The minimum absolute atomic E-state index is 0.161. The largest absolute Gasteiger partial charge is 0.540 e. The number of halogens is 2. The average molecular weight is 676 g/mol. The average Bonchev–Trinajstić information content (AvgIpc) is 3.88. The fourth-order valence-electron chi connectivity index (χ4n) is 6.88. The lowest BCUT2D eigenvalue weighted by Crippen LogP contribution is -2.30. The van der Waals surface area contributed by atoms with Gasteiger partial charge in [-0.25, -0.2) is 15.0 Å². The lowest BCUT2D eigenvalue weighted by atomic mass is 9.92. The van der Waals surface area contributed by atoms with E-state index in [0.29, 0.717) is 33.6 Å². The second kappa shape index (κ2) is 18.2. The number of rotatable bonds is 22. The molecule has 1 fully saturated rings. The van der Waals surface area contributed by atoms with Gasteiger partial charge in [-0.05, 0) is 61.3 Å². The molecule has 2 aliphatic rings. The zero-order valence-corrected chi connectivity index (χ0v) is 30.4. The number of para-hydroxylation sites is 1. The molecule has 1 aliphatic heterocycles. The number of aromatic nitrogens is 3. The van der Waals surface area contributed by atoms with E-state index >= 15 is 8.78 Å². The summed E-state index contributed by atoms with van der Waals surface area (Å²) in [7, 11) is 0.378. The van der Waals surface area contributed by atoms with Gasteiger partial charge in [0.05, 0.1) is 0 Å². The Balaban J connectivity index is 1.09. The fourth-order valence-corrected chi connectivity index (χ4v) is 7.93. The van der Waals surface area contributed by atoms with Crippen LogP contribution in [-0.2, 0) is 5.92 Å². The van der Waals surface area contributed by atoms with Gasteiger partial charge in [0.1, 0.15) is 17.2 Å². The maximum absolute atomic E-state index is 15.4. The minimum Gasteiger partial charge on any atom is -0.540 e. The van der Waals surface area contributed by atoms with Crippen LogP contribution in [0.1, 0.15) is 129 Å². The van der Waals surface area contributed by atoms with Crippen molar-refractivity contribution in [2.75, 3.05) is 0 Å². The molecule has 0 spiro atoms. The molecule has 8 heteroatoms. The van der Waals surface area contributed by atoms with Gasteiger partial charge in [0.25, 0.3) is 0 Å². The van der Waals surface area contributed by atoms with Gasteiger partial charge in [0.2, 0.25) is 0 Å². The summed E-state index contributed by atoms with van der Waals surface area (Å²) in [6.45, 7) is 6.98. The van der Waals surface area contributed by atoms with Crippen molar-refractivity contribution in [3.63, 3.8) is 0 Å². The minimum atomic E-state index is -3.14. The van der Waals surface area contributed by atoms with Gasteiger partial charge in [0.15, 0.2) is 17.6 Å². The van der Waals surface area contributed by atoms with Crippen LogP contribution in [0.25, 0.3) is 22.6 Å². The predicted molar refractivity (Wildman–Crippen MR) is 192 cm³/mol. The van der Waals surface area contributed by atoms with Crippen molar-refractivity contribution in [1.29, 1.82) is 0 Å². The number of nitrogens with zero attached hydrogens (tertiary/aromatic N) is 3. The third kappa shape index (κ3) is 10.6. The number of benzene rings is 1. The molecule has 1 saturated carbocycles. The summed E-state index contributed by atoms with van der Waals surface area (Å²) in [5.41, 5.74) is 1.73. The molecule has 5 nitrogen and oxygen atoms in total. The first-order chi connectivity index (χ1) is 23.3. The topological polar surface area (TPSA) is 57.1 Å². The summed E-state index contributed by atoms with van der Waals surface area (Å²) < 4.78 is 42.8.